The first-order chi connectivity index (χ1) is 9.33. The van der Waals surface area contributed by atoms with Gasteiger partial charge in [0.25, 0.3) is 0 Å². The third kappa shape index (κ3) is 2.71. The molecule has 0 spiro atoms. The molecule has 92 valence electrons. The molecule has 0 bridgehead atoms. The SMILES string of the molecule is Brc1ccc(-c2cc(-c3ccccc3)ncn2)cc1. The van der Waals surface area contributed by atoms with E-state index in [1.165, 1.54) is 0 Å². The summed E-state index contributed by atoms with van der Waals surface area (Å²) in [5.74, 6) is 0. The Morgan fingerprint density at radius 2 is 1.26 bits per heavy atom. The van der Waals surface area contributed by atoms with Gasteiger partial charge in [0.1, 0.15) is 6.33 Å². The van der Waals surface area contributed by atoms with Crippen LogP contribution in [0.2, 0.25) is 0 Å². The molecule has 3 rings (SSSR count). The first kappa shape index (κ1) is 12.1. The van der Waals surface area contributed by atoms with Gasteiger partial charge in [-0.05, 0) is 18.2 Å². The van der Waals surface area contributed by atoms with Crippen LogP contribution in [0.3, 0.4) is 0 Å². The van der Waals surface area contributed by atoms with Gasteiger partial charge >= 0.3 is 0 Å². The van der Waals surface area contributed by atoms with Crippen molar-refractivity contribution in [1.29, 1.82) is 0 Å². The maximum absolute atomic E-state index is 4.34. The zero-order valence-electron chi connectivity index (χ0n) is 10.1. The lowest BCUT2D eigenvalue weighted by Crippen LogP contribution is -1.89. The zero-order chi connectivity index (χ0) is 13.1. The second-order valence-corrected chi connectivity index (χ2v) is 5.08. The van der Waals surface area contributed by atoms with Crippen LogP contribution in [-0.2, 0) is 0 Å². The molecule has 0 saturated heterocycles. The lowest BCUT2D eigenvalue weighted by Gasteiger charge is -2.04. The van der Waals surface area contributed by atoms with E-state index in [0.29, 0.717) is 0 Å². The van der Waals surface area contributed by atoms with Crippen LogP contribution in [0.1, 0.15) is 0 Å². The Morgan fingerprint density at radius 3 is 1.89 bits per heavy atom. The lowest BCUT2D eigenvalue weighted by molar-refractivity contribution is 1.18. The molecule has 0 atom stereocenters. The highest BCUT2D eigenvalue weighted by Gasteiger charge is 2.03. The molecule has 0 aliphatic rings. The molecule has 0 N–H and O–H groups in total. The molecular formula is C16H11BrN2. The maximum Gasteiger partial charge on any atom is 0.116 e. The van der Waals surface area contributed by atoms with Crippen molar-refractivity contribution in [3.63, 3.8) is 0 Å². The molecule has 1 aromatic heterocycles. The number of hydrogen-bond acceptors (Lipinski definition) is 2. The summed E-state index contributed by atoms with van der Waals surface area (Å²) in [5.41, 5.74) is 4.06. The minimum atomic E-state index is 0.932. The maximum atomic E-state index is 4.34. The van der Waals surface area contributed by atoms with E-state index in [-0.39, 0.29) is 0 Å². The molecule has 19 heavy (non-hydrogen) atoms. The Bertz CT molecular complexity index is 679. The molecule has 3 heteroatoms. The summed E-state index contributed by atoms with van der Waals surface area (Å²) in [5, 5.41) is 0. The van der Waals surface area contributed by atoms with Gasteiger partial charge in [-0.1, -0.05) is 58.4 Å². The Morgan fingerprint density at radius 1 is 0.684 bits per heavy atom. The van der Waals surface area contributed by atoms with Crippen molar-refractivity contribution in [2.24, 2.45) is 0 Å². The largest absolute Gasteiger partial charge is 0.236 e. The third-order valence-corrected chi connectivity index (χ3v) is 3.41. The molecule has 0 radical (unpaired) electrons. The molecule has 2 aromatic carbocycles. The minimum Gasteiger partial charge on any atom is -0.236 e. The van der Waals surface area contributed by atoms with Crippen LogP contribution in [-0.4, -0.2) is 9.97 Å². The van der Waals surface area contributed by atoms with E-state index in [0.717, 1.165) is 27.0 Å². The molecule has 0 fully saturated rings. The Balaban J connectivity index is 2.03. The summed E-state index contributed by atoms with van der Waals surface area (Å²) in [6.45, 7) is 0. The summed E-state index contributed by atoms with van der Waals surface area (Å²) in [6.07, 6.45) is 1.61. The number of halogens is 1. The van der Waals surface area contributed by atoms with Gasteiger partial charge in [-0.15, -0.1) is 0 Å². The fourth-order valence-electron chi connectivity index (χ4n) is 1.90. The Hall–Kier alpha value is -2.00. The molecule has 0 amide bonds. The van der Waals surface area contributed by atoms with Crippen LogP contribution in [0.15, 0.2) is 71.5 Å². The quantitative estimate of drug-likeness (QED) is 0.692. The number of aromatic nitrogens is 2. The second kappa shape index (κ2) is 5.33. The highest BCUT2D eigenvalue weighted by molar-refractivity contribution is 9.10. The molecule has 1 heterocycles. The van der Waals surface area contributed by atoms with Gasteiger partial charge in [-0.3, -0.25) is 0 Å². The first-order valence-corrected chi connectivity index (χ1v) is 6.75. The van der Waals surface area contributed by atoms with Crippen LogP contribution in [0.25, 0.3) is 22.5 Å². The molecule has 0 unspecified atom stereocenters. The Labute approximate surface area is 120 Å². The van der Waals surface area contributed by atoms with Gasteiger partial charge < -0.3 is 0 Å². The van der Waals surface area contributed by atoms with Gasteiger partial charge in [0.15, 0.2) is 0 Å². The number of nitrogens with zero attached hydrogens (tertiary/aromatic N) is 2. The summed E-state index contributed by atoms with van der Waals surface area (Å²) in [4.78, 5) is 8.67. The monoisotopic (exact) mass is 310 g/mol. The van der Waals surface area contributed by atoms with Crippen molar-refractivity contribution >= 4 is 15.9 Å². The van der Waals surface area contributed by atoms with Crippen molar-refractivity contribution < 1.29 is 0 Å². The van der Waals surface area contributed by atoms with E-state index in [4.69, 9.17) is 0 Å². The minimum absolute atomic E-state index is 0.932. The third-order valence-electron chi connectivity index (χ3n) is 2.88. The number of rotatable bonds is 2. The van der Waals surface area contributed by atoms with Gasteiger partial charge in [0, 0.05) is 15.6 Å². The topological polar surface area (TPSA) is 25.8 Å². The van der Waals surface area contributed by atoms with Gasteiger partial charge in [0.2, 0.25) is 0 Å². The second-order valence-electron chi connectivity index (χ2n) is 4.16. The smallest absolute Gasteiger partial charge is 0.116 e. The van der Waals surface area contributed by atoms with Crippen LogP contribution in [0.5, 0.6) is 0 Å². The van der Waals surface area contributed by atoms with Gasteiger partial charge in [-0.25, -0.2) is 9.97 Å². The van der Waals surface area contributed by atoms with Crippen molar-refractivity contribution in [3.05, 3.63) is 71.5 Å². The van der Waals surface area contributed by atoms with Crippen molar-refractivity contribution in [2.45, 2.75) is 0 Å². The molecule has 3 aromatic rings. The van der Waals surface area contributed by atoms with Crippen molar-refractivity contribution in [2.75, 3.05) is 0 Å². The number of benzene rings is 2. The van der Waals surface area contributed by atoms with Crippen molar-refractivity contribution in [3.8, 4) is 22.5 Å². The average molecular weight is 311 g/mol. The molecule has 0 aliphatic carbocycles. The van der Waals surface area contributed by atoms with Crippen LogP contribution in [0, 0.1) is 0 Å². The van der Waals surface area contributed by atoms with Crippen LogP contribution < -0.4 is 0 Å². The van der Waals surface area contributed by atoms with Crippen LogP contribution >= 0.6 is 15.9 Å². The summed E-state index contributed by atoms with van der Waals surface area (Å²) >= 11 is 3.44. The van der Waals surface area contributed by atoms with E-state index in [1.54, 1.807) is 6.33 Å². The standard InChI is InChI=1S/C16H11BrN2/c17-14-8-6-13(7-9-14)16-10-15(18-11-19-16)12-4-2-1-3-5-12/h1-11H. The normalized spacial score (nSPS) is 10.4. The predicted octanol–water partition coefficient (Wildman–Crippen LogP) is 4.57. The first-order valence-electron chi connectivity index (χ1n) is 5.96. The zero-order valence-corrected chi connectivity index (χ0v) is 11.7. The summed E-state index contributed by atoms with van der Waals surface area (Å²) in [6, 6.07) is 20.2. The van der Waals surface area contributed by atoms with Crippen molar-refractivity contribution in [1.82, 2.24) is 9.97 Å². The Kier molecular flexibility index (Phi) is 3.38. The predicted molar refractivity (Wildman–Crippen MR) is 80.6 cm³/mol. The van der Waals surface area contributed by atoms with E-state index in [1.807, 2.05) is 60.7 Å². The lowest BCUT2D eigenvalue weighted by atomic mass is 10.1. The molecule has 2 nitrogen and oxygen atoms in total. The fraction of sp³-hybridized carbons (Fsp3) is 0. The fourth-order valence-corrected chi connectivity index (χ4v) is 2.17. The van der Waals surface area contributed by atoms with Gasteiger partial charge in [-0.2, -0.15) is 0 Å². The summed E-state index contributed by atoms with van der Waals surface area (Å²) < 4.78 is 1.06. The van der Waals surface area contributed by atoms with E-state index in [2.05, 4.69) is 25.9 Å². The summed E-state index contributed by atoms with van der Waals surface area (Å²) in [7, 11) is 0. The van der Waals surface area contributed by atoms with Crippen LogP contribution in [0.4, 0.5) is 0 Å². The van der Waals surface area contributed by atoms with E-state index < -0.39 is 0 Å². The number of hydrogen-bond donors (Lipinski definition) is 0. The molecule has 0 aliphatic heterocycles. The van der Waals surface area contributed by atoms with E-state index >= 15 is 0 Å². The van der Waals surface area contributed by atoms with E-state index in [9.17, 15) is 0 Å². The molecule has 0 saturated carbocycles. The highest BCUT2D eigenvalue weighted by atomic mass is 79.9. The van der Waals surface area contributed by atoms with Gasteiger partial charge in [0.05, 0.1) is 11.4 Å². The average Bonchev–Trinajstić information content (AvgIpc) is 2.49. The highest BCUT2D eigenvalue weighted by Crippen LogP contribution is 2.23. The molecular weight excluding hydrogens is 300 g/mol.